The summed E-state index contributed by atoms with van der Waals surface area (Å²) >= 11 is 0. The molecule has 4 N–H and O–H groups in total. The lowest BCUT2D eigenvalue weighted by molar-refractivity contribution is -0.137. The standard InChI is InChI=1S/C16H25N3O4/c1-16(2,11-20)14(22)15(23)19-8-4-7-18-13(21)9-12-5-3-6-17-10-12/h3,5-6,10,14,20,22H,4,7-9,11H2,1-2H3,(H,18,21)(H,19,23)/t14-/m0/s1. The molecule has 0 aromatic carbocycles. The SMILES string of the molecule is CC(C)(CO)[C@@H](O)C(=O)NCCCNC(=O)Cc1cccnc1. The molecule has 1 heterocycles. The highest BCUT2D eigenvalue weighted by Crippen LogP contribution is 2.19. The van der Waals surface area contributed by atoms with Gasteiger partial charge < -0.3 is 20.8 Å². The van der Waals surface area contributed by atoms with E-state index in [0.717, 1.165) is 5.56 Å². The Balaban J connectivity index is 2.18. The predicted molar refractivity (Wildman–Crippen MR) is 85.5 cm³/mol. The number of nitrogens with one attached hydrogen (secondary N) is 2. The van der Waals surface area contributed by atoms with Crippen molar-refractivity contribution in [2.24, 2.45) is 5.41 Å². The van der Waals surface area contributed by atoms with E-state index in [-0.39, 0.29) is 18.9 Å². The van der Waals surface area contributed by atoms with Gasteiger partial charge in [0, 0.05) is 30.9 Å². The maximum Gasteiger partial charge on any atom is 0.249 e. The highest BCUT2D eigenvalue weighted by atomic mass is 16.3. The summed E-state index contributed by atoms with van der Waals surface area (Å²) < 4.78 is 0. The van der Waals surface area contributed by atoms with Crippen LogP contribution in [-0.4, -0.2) is 52.8 Å². The summed E-state index contributed by atoms with van der Waals surface area (Å²) in [6.07, 6.45) is 2.84. The molecule has 0 bridgehead atoms. The minimum absolute atomic E-state index is 0.106. The van der Waals surface area contributed by atoms with E-state index >= 15 is 0 Å². The smallest absolute Gasteiger partial charge is 0.249 e. The van der Waals surface area contributed by atoms with Gasteiger partial charge in [0.15, 0.2) is 0 Å². The maximum absolute atomic E-state index is 11.7. The van der Waals surface area contributed by atoms with E-state index in [9.17, 15) is 14.7 Å². The molecular formula is C16H25N3O4. The second-order valence-electron chi connectivity index (χ2n) is 6.08. The zero-order chi connectivity index (χ0) is 17.3. The first-order valence-corrected chi connectivity index (χ1v) is 7.59. The molecule has 1 atom stereocenters. The summed E-state index contributed by atoms with van der Waals surface area (Å²) in [5, 5.41) is 24.3. The van der Waals surface area contributed by atoms with Crippen LogP contribution in [-0.2, 0) is 16.0 Å². The zero-order valence-electron chi connectivity index (χ0n) is 13.6. The van der Waals surface area contributed by atoms with Crippen molar-refractivity contribution < 1.29 is 19.8 Å². The number of hydrogen-bond donors (Lipinski definition) is 4. The Bertz CT molecular complexity index is 505. The van der Waals surface area contributed by atoms with Gasteiger partial charge in [-0.25, -0.2) is 0 Å². The van der Waals surface area contributed by atoms with Gasteiger partial charge in [-0.15, -0.1) is 0 Å². The molecule has 2 amide bonds. The quantitative estimate of drug-likeness (QED) is 0.463. The van der Waals surface area contributed by atoms with Crippen LogP contribution in [0.25, 0.3) is 0 Å². The Morgan fingerprint density at radius 1 is 1.30 bits per heavy atom. The lowest BCUT2D eigenvalue weighted by atomic mass is 9.87. The van der Waals surface area contributed by atoms with Crippen molar-refractivity contribution >= 4 is 11.8 Å². The van der Waals surface area contributed by atoms with Crippen molar-refractivity contribution in [1.82, 2.24) is 15.6 Å². The molecule has 0 aliphatic heterocycles. The normalized spacial score (nSPS) is 12.5. The molecule has 7 nitrogen and oxygen atoms in total. The molecule has 1 rings (SSSR count). The molecule has 0 saturated carbocycles. The van der Waals surface area contributed by atoms with Crippen molar-refractivity contribution in [2.45, 2.75) is 32.8 Å². The highest BCUT2D eigenvalue weighted by Gasteiger charge is 2.32. The van der Waals surface area contributed by atoms with Gasteiger partial charge in [0.2, 0.25) is 11.8 Å². The molecule has 1 aromatic rings. The number of hydrogen-bond acceptors (Lipinski definition) is 5. The molecule has 0 fully saturated rings. The van der Waals surface area contributed by atoms with Gasteiger partial charge in [-0.2, -0.15) is 0 Å². The number of aliphatic hydroxyl groups is 2. The molecular weight excluding hydrogens is 298 g/mol. The molecule has 128 valence electrons. The van der Waals surface area contributed by atoms with Crippen LogP contribution in [0.5, 0.6) is 0 Å². The predicted octanol–water partition coefficient (Wildman–Crippen LogP) is -0.374. The van der Waals surface area contributed by atoms with E-state index in [2.05, 4.69) is 15.6 Å². The van der Waals surface area contributed by atoms with E-state index in [1.165, 1.54) is 0 Å². The lowest BCUT2D eigenvalue weighted by Gasteiger charge is -2.27. The van der Waals surface area contributed by atoms with Gasteiger partial charge >= 0.3 is 0 Å². The molecule has 7 heteroatoms. The summed E-state index contributed by atoms with van der Waals surface area (Å²) in [7, 11) is 0. The van der Waals surface area contributed by atoms with Crippen LogP contribution in [0.15, 0.2) is 24.5 Å². The number of carbonyl (C=O) groups excluding carboxylic acids is 2. The fourth-order valence-electron chi connectivity index (χ4n) is 1.82. The molecule has 1 aromatic heterocycles. The zero-order valence-corrected chi connectivity index (χ0v) is 13.6. The van der Waals surface area contributed by atoms with E-state index < -0.39 is 17.4 Å². The summed E-state index contributed by atoms with van der Waals surface area (Å²) in [6.45, 7) is 3.70. The minimum atomic E-state index is -1.27. The Hall–Kier alpha value is -1.99. The van der Waals surface area contributed by atoms with Crippen molar-refractivity contribution in [3.05, 3.63) is 30.1 Å². The molecule has 0 aliphatic carbocycles. The molecule has 23 heavy (non-hydrogen) atoms. The summed E-state index contributed by atoms with van der Waals surface area (Å²) in [4.78, 5) is 27.4. The van der Waals surface area contributed by atoms with Crippen LogP contribution in [0.3, 0.4) is 0 Å². The van der Waals surface area contributed by atoms with Crippen LogP contribution in [0.2, 0.25) is 0 Å². The fraction of sp³-hybridized carbons (Fsp3) is 0.562. The Morgan fingerprint density at radius 2 is 2.00 bits per heavy atom. The van der Waals surface area contributed by atoms with Gasteiger partial charge in [0.25, 0.3) is 0 Å². The Kier molecular flexibility index (Phi) is 7.64. The number of amides is 2. The third kappa shape index (κ3) is 6.75. The van der Waals surface area contributed by atoms with Crippen molar-refractivity contribution in [1.29, 1.82) is 0 Å². The average Bonchev–Trinajstić information content (AvgIpc) is 2.54. The van der Waals surface area contributed by atoms with Crippen LogP contribution in [0.1, 0.15) is 25.8 Å². The first-order chi connectivity index (χ1) is 10.9. The largest absolute Gasteiger partial charge is 0.396 e. The van der Waals surface area contributed by atoms with Crippen LogP contribution in [0, 0.1) is 5.41 Å². The molecule has 0 radical (unpaired) electrons. The van der Waals surface area contributed by atoms with E-state index in [1.807, 2.05) is 6.07 Å². The second-order valence-corrected chi connectivity index (χ2v) is 6.08. The third-order valence-electron chi connectivity index (χ3n) is 3.46. The number of nitrogens with zero attached hydrogens (tertiary/aromatic N) is 1. The van der Waals surface area contributed by atoms with Crippen molar-refractivity contribution in [3.63, 3.8) is 0 Å². The summed E-state index contributed by atoms with van der Waals surface area (Å²) in [5.74, 6) is -0.628. The van der Waals surface area contributed by atoms with Gasteiger partial charge in [-0.3, -0.25) is 14.6 Å². The van der Waals surface area contributed by atoms with Gasteiger partial charge in [-0.1, -0.05) is 19.9 Å². The van der Waals surface area contributed by atoms with Gasteiger partial charge in [-0.05, 0) is 18.1 Å². The maximum atomic E-state index is 11.7. The summed E-state index contributed by atoms with van der Waals surface area (Å²) in [6, 6.07) is 3.61. The Morgan fingerprint density at radius 3 is 2.61 bits per heavy atom. The number of aromatic nitrogens is 1. The molecule has 0 aliphatic rings. The average molecular weight is 323 g/mol. The fourth-order valence-corrected chi connectivity index (χ4v) is 1.82. The van der Waals surface area contributed by atoms with Gasteiger partial charge in [0.05, 0.1) is 13.0 Å². The highest BCUT2D eigenvalue weighted by molar-refractivity contribution is 5.81. The number of rotatable bonds is 9. The number of carbonyl (C=O) groups is 2. The second kappa shape index (κ2) is 9.22. The lowest BCUT2D eigenvalue weighted by Crippen LogP contribution is -2.46. The molecule has 0 saturated heterocycles. The van der Waals surface area contributed by atoms with Crippen LogP contribution >= 0.6 is 0 Å². The van der Waals surface area contributed by atoms with Crippen LogP contribution < -0.4 is 10.6 Å². The molecule has 0 unspecified atom stereocenters. The third-order valence-corrected chi connectivity index (χ3v) is 3.46. The van der Waals surface area contributed by atoms with Gasteiger partial charge in [0.1, 0.15) is 6.10 Å². The monoisotopic (exact) mass is 323 g/mol. The van der Waals surface area contributed by atoms with Crippen LogP contribution in [0.4, 0.5) is 0 Å². The Labute approximate surface area is 136 Å². The molecule has 0 spiro atoms. The number of aliphatic hydroxyl groups excluding tert-OH is 2. The summed E-state index contributed by atoms with van der Waals surface area (Å²) in [5.41, 5.74) is -0.0465. The minimum Gasteiger partial charge on any atom is -0.396 e. The first-order valence-electron chi connectivity index (χ1n) is 7.59. The number of pyridine rings is 1. The topological polar surface area (TPSA) is 112 Å². The van der Waals surface area contributed by atoms with E-state index in [1.54, 1.807) is 32.3 Å². The van der Waals surface area contributed by atoms with Crippen molar-refractivity contribution in [2.75, 3.05) is 19.7 Å². The van der Waals surface area contributed by atoms with E-state index in [4.69, 9.17) is 5.11 Å². The first kappa shape index (κ1) is 19.1. The van der Waals surface area contributed by atoms with E-state index in [0.29, 0.717) is 19.5 Å². The van der Waals surface area contributed by atoms with Crippen molar-refractivity contribution in [3.8, 4) is 0 Å².